The van der Waals surface area contributed by atoms with Crippen LogP contribution in [0.4, 0.5) is 5.69 Å². The van der Waals surface area contributed by atoms with Gasteiger partial charge in [-0.15, -0.1) is 0 Å². The van der Waals surface area contributed by atoms with Crippen LogP contribution in [0, 0.1) is 6.92 Å². The van der Waals surface area contributed by atoms with Crippen molar-refractivity contribution in [3.63, 3.8) is 0 Å². The van der Waals surface area contributed by atoms with E-state index in [2.05, 4.69) is 15.9 Å². The van der Waals surface area contributed by atoms with Crippen LogP contribution in [-0.2, 0) is 0 Å². The molecule has 0 fully saturated rings. The molecule has 0 atom stereocenters. The minimum Gasteiger partial charge on any atom is -0.389 e. The molecular formula is C16H15BrN2OS. The number of anilines is 1. The van der Waals surface area contributed by atoms with Crippen LogP contribution in [0.5, 0.6) is 0 Å². The van der Waals surface area contributed by atoms with Crippen molar-refractivity contribution in [3.8, 4) is 0 Å². The molecule has 0 aromatic heterocycles. The predicted octanol–water partition coefficient (Wildman–Crippen LogP) is 3.67. The Morgan fingerprint density at radius 2 is 1.81 bits per heavy atom. The Hall–Kier alpha value is -1.72. The first kappa shape index (κ1) is 15.7. The summed E-state index contributed by atoms with van der Waals surface area (Å²) in [6.45, 7) is 1.92. The lowest BCUT2D eigenvalue weighted by atomic mass is 10.1. The van der Waals surface area contributed by atoms with Crippen LogP contribution in [0.2, 0.25) is 0 Å². The summed E-state index contributed by atoms with van der Waals surface area (Å²) in [6, 6.07) is 13.0. The van der Waals surface area contributed by atoms with Gasteiger partial charge < -0.3 is 10.6 Å². The Morgan fingerprint density at radius 3 is 2.38 bits per heavy atom. The summed E-state index contributed by atoms with van der Waals surface area (Å²) in [5.41, 5.74) is 8.76. The lowest BCUT2D eigenvalue weighted by Gasteiger charge is -2.19. The van der Waals surface area contributed by atoms with Gasteiger partial charge in [-0.3, -0.25) is 4.79 Å². The molecule has 2 aromatic carbocycles. The number of carbonyl (C=O) groups is 1. The molecule has 0 radical (unpaired) electrons. The summed E-state index contributed by atoms with van der Waals surface area (Å²) < 4.78 is 0.883. The van der Waals surface area contributed by atoms with Crippen LogP contribution in [0.3, 0.4) is 0 Å². The molecule has 2 aromatic rings. The third-order valence-electron chi connectivity index (χ3n) is 3.27. The van der Waals surface area contributed by atoms with Gasteiger partial charge >= 0.3 is 0 Å². The fraction of sp³-hybridized carbons (Fsp3) is 0.125. The summed E-state index contributed by atoms with van der Waals surface area (Å²) in [5.74, 6) is -0.0584. The second-order valence-electron chi connectivity index (χ2n) is 4.73. The van der Waals surface area contributed by atoms with E-state index in [1.54, 1.807) is 11.9 Å². The highest BCUT2D eigenvalue weighted by molar-refractivity contribution is 9.10. The number of aryl methyl sites for hydroxylation is 1. The molecule has 0 saturated heterocycles. The van der Waals surface area contributed by atoms with Crippen LogP contribution in [0.1, 0.15) is 21.5 Å². The van der Waals surface area contributed by atoms with E-state index in [1.807, 2.05) is 49.4 Å². The van der Waals surface area contributed by atoms with Crippen LogP contribution >= 0.6 is 28.1 Å². The van der Waals surface area contributed by atoms with Gasteiger partial charge in [-0.2, -0.15) is 0 Å². The van der Waals surface area contributed by atoms with Gasteiger partial charge in [0.25, 0.3) is 5.91 Å². The topological polar surface area (TPSA) is 46.3 Å². The fourth-order valence-electron chi connectivity index (χ4n) is 1.97. The van der Waals surface area contributed by atoms with Gasteiger partial charge in [0.2, 0.25) is 0 Å². The minimum absolute atomic E-state index is 0.0584. The lowest BCUT2D eigenvalue weighted by Crippen LogP contribution is -2.27. The molecule has 0 aliphatic carbocycles. The normalized spacial score (nSPS) is 10.2. The van der Waals surface area contributed by atoms with Crippen molar-refractivity contribution in [1.29, 1.82) is 0 Å². The Balaban J connectivity index is 2.30. The number of amides is 1. The van der Waals surface area contributed by atoms with Crippen molar-refractivity contribution < 1.29 is 4.79 Å². The average molecular weight is 363 g/mol. The maximum absolute atomic E-state index is 12.6. The Kier molecular flexibility index (Phi) is 4.75. The Labute approximate surface area is 137 Å². The van der Waals surface area contributed by atoms with E-state index >= 15 is 0 Å². The van der Waals surface area contributed by atoms with Gasteiger partial charge in [-0.1, -0.05) is 34.2 Å². The molecule has 0 aliphatic heterocycles. The molecule has 0 spiro atoms. The number of halogens is 1. The third kappa shape index (κ3) is 3.49. The molecule has 3 nitrogen and oxygen atoms in total. The first-order valence-electron chi connectivity index (χ1n) is 6.34. The molecule has 0 bridgehead atoms. The highest BCUT2D eigenvalue weighted by Crippen LogP contribution is 2.21. The first-order chi connectivity index (χ1) is 9.90. The smallest absolute Gasteiger partial charge is 0.258 e. The van der Waals surface area contributed by atoms with Gasteiger partial charge in [-0.25, -0.2) is 0 Å². The van der Waals surface area contributed by atoms with E-state index < -0.39 is 0 Å². The molecule has 108 valence electrons. The van der Waals surface area contributed by atoms with Crippen LogP contribution < -0.4 is 10.6 Å². The van der Waals surface area contributed by atoms with Gasteiger partial charge in [0, 0.05) is 28.3 Å². The van der Waals surface area contributed by atoms with Gasteiger partial charge in [0.1, 0.15) is 4.99 Å². The molecule has 2 rings (SSSR count). The van der Waals surface area contributed by atoms with Crippen LogP contribution in [-0.4, -0.2) is 17.9 Å². The van der Waals surface area contributed by atoms with Gasteiger partial charge in [0.05, 0.1) is 0 Å². The van der Waals surface area contributed by atoms with Crippen molar-refractivity contribution >= 4 is 44.7 Å². The predicted molar refractivity (Wildman–Crippen MR) is 93.9 cm³/mol. The number of rotatable bonds is 3. The number of nitrogens with two attached hydrogens (primary N) is 1. The van der Waals surface area contributed by atoms with Gasteiger partial charge in [-0.05, 0) is 48.9 Å². The number of carbonyl (C=O) groups excluding carboxylic acids is 1. The number of hydrogen-bond acceptors (Lipinski definition) is 2. The second-order valence-corrected chi connectivity index (χ2v) is 6.09. The van der Waals surface area contributed by atoms with Crippen molar-refractivity contribution in [2.45, 2.75) is 6.92 Å². The van der Waals surface area contributed by atoms with E-state index in [1.165, 1.54) is 0 Å². The van der Waals surface area contributed by atoms with Gasteiger partial charge in [0.15, 0.2) is 0 Å². The van der Waals surface area contributed by atoms with E-state index in [0.29, 0.717) is 10.6 Å². The molecule has 0 heterocycles. The highest BCUT2D eigenvalue weighted by atomic mass is 79.9. The van der Waals surface area contributed by atoms with Crippen molar-refractivity contribution in [1.82, 2.24) is 0 Å². The third-order valence-corrected chi connectivity index (χ3v) is 4.00. The van der Waals surface area contributed by atoms with Crippen molar-refractivity contribution in [2.75, 3.05) is 11.9 Å². The summed E-state index contributed by atoms with van der Waals surface area (Å²) in [5, 5.41) is 0. The quantitative estimate of drug-likeness (QED) is 0.847. The molecule has 2 N–H and O–H groups in total. The SMILES string of the molecule is Cc1ccc(Br)cc1C(=O)N(C)c1ccc(C(N)=S)cc1. The molecule has 0 saturated carbocycles. The molecule has 5 heteroatoms. The van der Waals surface area contributed by atoms with E-state index in [9.17, 15) is 4.79 Å². The summed E-state index contributed by atoms with van der Waals surface area (Å²) in [4.78, 5) is 14.5. The maximum Gasteiger partial charge on any atom is 0.258 e. The molecule has 0 aliphatic rings. The largest absolute Gasteiger partial charge is 0.389 e. The first-order valence-corrected chi connectivity index (χ1v) is 7.54. The maximum atomic E-state index is 12.6. The number of hydrogen-bond donors (Lipinski definition) is 1. The Bertz CT molecular complexity index is 698. The zero-order valence-electron chi connectivity index (χ0n) is 11.8. The molecule has 1 amide bonds. The Morgan fingerprint density at radius 1 is 1.19 bits per heavy atom. The molecule has 21 heavy (non-hydrogen) atoms. The minimum atomic E-state index is -0.0584. The van der Waals surface area contributed by atoms with E-state index in [0.717, 1.165) is 21.3 Å². The number of benzene rings is 2. The number of thiocarbonyl (C=S) groups is 1. The number of nitrogens with zero attached hydrogens (tertiary/aromatic N) is 1. The van der Waals surface area contributed by atoms with Crippen LogP contribution in [0.15, 0.2) is 46.9 Å². The highest BCUT2D eigenvalue weighted by Gasteiger charge is 2.16. The van der Waals surface area contributed by atoms with Crippen molar-refractivity contribution in [3.05, 3.63) is 63.6 Å². The van der Waals surface area contributed by atoms with Crippen LogP contribution in [0.25, 0.3) is 0 Å². The fourth-order valence-corrected chi connectivity index (χ4v) is 2.47. The summed E-state index contributed by atoms with van der Waals surface area (Å²) in [7, 11) is 1.75. The van der Waals surface area contributed by atoms with Crippen molar-refractivity contribution in [2.24, 2.45) is 5.73 Å². The second kappa shape index (κ2) is 6.37. The molecule has 0 unspecified atom stereocenters. The standard InChI is InChI=1S/C16H15BrN2OS/c1-10-3-6-12(17)9-14(10)16(20)19(2)13-7-4-11(5-8-13)15(18)21/h3-9H,1-2H3,(H2,18,21). The monoisotopic (exact) mass is 362 g/mol. The average Bonchev–Trinajstić information content (AvgIpc) is 2.48. The van der Waals surface area contributed by atoms with E-state index in [4.69, 9.17) is 18.0 Å². The zero-order chi connectivity index (χ0) is 15.6. The summed E-state index contributed by atoms with van der Waals surface area (Å²) >= 11 is 8.32. The zero-order valence-corrected chi connectivity index (χ0v) is 14.2. The lowest BCUT2D eigenvalue weighted by molar-refractivity contribution is 0.0992. The molecular weight excluding hydrogens is 348 g/mol. The summed E-state index contributed by atoms with van der Waals surface area (Å²) in [6.07, 6.45) is 0. The van der Waals surface area contributed by atoms with E-state index in [-0.39, 0.29) is 5.91 Å².